The van der Waals surface area contributed by atoms with E-state index in [0.717, 1.165) is 38.4 Å². The van der Waals surface area contributed by atoms with E-state index in [1.807, 2.05) is 12.3 Å². The SMILES string of the molecule is CCCCCN=C(NCC)NCCc1cccnc1.I. The summed E-state index contributed by atoms with van der Waals surface area (Å²) in [6.07, 6.45) is 8.32. The minimum Gasteiger partial charge on any atom is -0.357 e. The third-order valence-corrected chi connectivity index (χ3v) is 2.80. The van der Waals surface area contributed by atoms with Crippen molar-refractivity contribution in [3.63, 3.8) is 0 Å². The lowest BCUT2D eigenvalue weighted by Crippen LogP contribution is -2.38. The second-order valence-electron chi connectivity index (χ2n) is 4.51. The zero-order chi connectivity index (χ0) is 13.8. The molecule has 1 aromatic rings. The molecular weight excluding hydrogens is 363 g/mol. The van der Waals surface area contributed by atoms with Gasteiger partial charge in [0.2, 0.25) is 0 Å². The topological polar surface area (TPSA) is 49.3 Å². The van der Waals surface area contributed by atoms with Crippen LogP contribution < -0.4 is 10.6 Å². The quantitative estimate of drug-likeness (QED) is 0.311. The van der Waals surface area contributed by atoms with Crippen LogP contribution in [0.3, 0.4) is 0 Å². The monoisotopic (exact) mass is 390 g/mol. The van der Waals surface area contributed by atoms with Crippen LogP contribution in [0.2, 0.25) is 0 Å². The van der Waals surface area contributed by atoms with Crippen molar-refractivity contribution in [3.8, 4) is 0 Å². The molecule has 0 amide bonds. The lowest BCUT2D eigenvalue weighted by molar-refractivity contribution is 0.716. The maximum atomic E-state index is 4.56. The van der Waals surface area contributed by atoms with Crippen molar-refractivity contribution in [2.24, 2.45) is 4.99 Å². The summed E-state index contributed by atoms with van der Waals surface area (Å²) in [6.45, 7) is 6.97. The molecular formula is C15H27IN4. The van der Waals surface area contributed by atoms with Gasteiger partial charge in [-0.25, -0.2) is 0 Å². The van der Waals surface area contributed by atoms with Crippen LogP contribution in [0.15, 0.2) is 29.5 Å². The third kappa shape index (κ3) is 9.12. The van der Waals surface area contributed by atoms with Crippen LogP contribution in [0, 0.1) is 0 Å². The first-order chi connectivity index (χ1) is 9.36. The zero-order valence-corrected chi connectivity index (χ0v) is 14.9. The number of pyridine rings is 1. The molecule has 0 aliphatic heterocycles. The lowest BCUT2D eigenvalue weighted by Gasteiger charge is -2.11. The number of hydrogen-bond donors (Lipinski definition) is 2. The molecule has 0 bridgehead atoms. The molecule has 0 radical (unpaired) electrons. The number of halogens is 1. The van der Waals surface area contributed by atoms with Crippen molar-refractivity contribution in [2.75, 3.05) is 19.6 Å². The maximum absolute atomic E-state index is 4.56. The van der Waals surface area contributed by atoms with Crippen LogP contribution >= 0.6 is 24.0 Å². The van der Waals surface area contributed by atoms with Gasteiger partial charge in [-0.05, 0) is 31.4 Å². The number of aliphatic imine (C=N–C) groups is 1. The summed E-state index contributed by atoms with van der Waals surface area (Å²) >= 11 is 0. The summed E-state index contributed by atoms with van der Waals surface area (Å²) in [5.74, 6) is 0.919. The highest BCUT2D eigenvalue weighted by Crippen LogP contribution is 1.96. The van der Waals surface area contributed by atoms with Crippen LogP contribution in [0.5, 0.6) is 0 Å². The summed E-state index contributed by atoms with van der Waals surface area (Å²) in [5, 5.41) is 6.63. The van der Waals surface area contributed by atoms with Crippen LogP contribution in [0.25, 0.3) is 0 Å². The molecule has 5 heteroatoms. The van der Waals surface area contributed by atoms with E-state index in [-0.39, 0.29) is 24.0 Å². The molecule has 1 aromatic heterocycles. The van der Waals surface area contributed by atoms with E-state index in [1.165, 1.54) is 18.4 Å². The van der Waals surface area contributed by atoms with Crippen LogP contribution in [-0.4, -0.2) is 30.6 Å². The molecule has 0 aromatic carbocycles. The van der Waals surface area contributed by atoms with E-state index in [4.69, 9.17) is 0 Å². The molecule has 0 aliphatic rings. The Labute approximate surface area is 139 Å². The first kappa shape index (κ1) is 19.1. The van der Waals surface area contributed by atoms with Crippen LogP contribution in [0.1, 0.15) is 38.7 Å². The van der Waals surface area contributed by atoms with Crippen molar-refractivity contribution in [1.29, 1.82) is 0 Å². The maximum Gasteiger partial charge on any atom is 0.191 e. The average Bonchev–Trinajstić information content (AvgIpc) is 2.44. The van der Waals surface area contributed by atoms with Crippen LogP contribution in [-0.2, 0) is 6.42 Å². The Morgan fingerprint density at radius 3 is 2.75 bits per heavy atom. The molecule has 0 spiro atoms. The molecule has 0 atom stereocenters. The zero-order valence-electron chi connectivity index (χ0n) is 12.6. The first-order valence-corrected chi connectivity index (χ1v) is 7.28. The molecule has 0 saturated carbocycles. The van der Waals surface area contributed by atoms with E-state index in [0.29, 0.717) is 0 Å². The van der Waals surface area contributed by atoms with Crippen LogP contribution in [0.4, 0.5) is 0 Å². The number of guanidine groups is 1. The smallest absolute Gasteiger partial charge is 0.191 e. The minimum absolute atomic E-state index is 0. The predicted octanol–water partition coefficient (Wildman–Crippen LogP) is 2.99. The highest BCUT2D eigenvalue weighted by Gasteiger charge is 1.97. The summed E-state index contributed by atoms with van der Waals surface area (Å²) in [7, 11) is 0. The number of unbranched alkanes of at least 4 members (excludes halogenated alkanes) is 2. The number of nitrogens with zero attached hydrogens (tertiary/aromatic N) is 2. The summed E-state index contributed by atoms with van der Waals surface area (Å²) in [5.41, 5.74) is 1.25. The first-order valence-electron chi connectivity index (χ1n) is 7.28. The van der Waals surface area contributed by atoms with Crippen molar-refractivity contribution in [2.45, 2.75) is 39.5 Å². The second kappa shape index (κ2) is 13.1. The van der Waals surface area contributed by atoms with Crippen molar-refractivity contribution >= 4 is 29.9 Å². The van der Waals surface area contributed by atoms with Gasteiger partial charge in [-0.2, -0.15) is 0 Å². The fraction of sp³-hybridized carbons (Fsp3) is 0.600. The van der Waals surface area contributed by atoms with E-state index in [9.17, 15) is 0 Å². The molecule has 0 aliphatic carbocycles. The van der Waals surface area contributed by atoms with Gasteiger partial charge < -0.3 is 10.6 Å². The van der Waals surface area contributed by atoms with E-state index in [2.05, 4.69) is 40.5 Å². The molecule has 1 rings (SSSR count). The molecule has 0 fully saturated rings. The number of nitrogens with one attached hydrogen (secondary N) is 2. The molecule has 114 valence electrons. The fourth-order valence-electron chi connectivity index (χ4n) is 1.77. The molecule has 0 saturated heterocycles. The minimum atomic E-state index is 0. The Morgan fingerprint density at radius 2 is 2.10 bits per heavy atom. The molecule has 4 nitrogen and oxygen atoms in total. The Kier molecular flexibility index (Phi) is 12.6. The van der Waals surface area contributed by atoms with Gasteiger partial charge in [0.25, 0.3) is 0 Å². The van der Waals surface area contributed by atoms with Gasteiger partial charge >= 0.3 is 0 Å². The Hall–Kier alpha value is -0.850. The summed E-state index contributed by atoms with van der Waals surface area (Å²) in [4.78, 5) is 8.68. The number of hydrogen-bond acceptors (Lipinski definition) is 2. The van der Waals surface area contributed by atoms with Gasteiger partial charge in [0.05, 0.1) is 0 Å². The normalized spacial score (nSPS) is 10.8. The Bertz CT molecular complexity index is 354. The third-order valence-electron chi connectivity index (χ3n) is 2.80. The highest BCUT2D eigenvalue weighted by molar-refractivity contribution is 14.0. The Balaban J connectivity index is 0.00000361. The summed E-state index contributed by atoms with van der Waals surface area (Å²) in [6, 6.07) is 4.07. The molecule has 0 unspecified atom stereocenters. The second-order valence-corrected chi connectivity index (χ2v) is 4.51. The fourth-order valence-corrected chi connectivity index (χ4v) is 1.77. The van der Waals surface area contributed by atoms with E-state index in [1.54, 1.807) is 6.20 Å². The molecule has 1 heterocycles. The van der Waals surface area contributed by atoms with Crippen molar-refractivity contribution in [1.82, 2.24) is 15.6 Å². The van der Waals surface area contributed by atoms with Gasteiger partial charge in [0, 0.05) is 32.0 Å². The largest absolute Gasteiger partial charge is 0.357 e. The highest BCUT2D eigenvalue weighted by atomic mass is 127. The standard InChI is InChI=1S/C15H26N4.HI/c1-3-5-6-11-18-15(17-4-2)19-12-9-14-8-7-10-16-13-14;/h7-8,10,13H,3-6,9,11-12H2,1-2H3,(H2,17,18,19);1H. The van der Waals surface area contributed by atoms with Gasteiger partial charge in [0.1, 0.15) is 0 Å². The van der Waals surface area contributed by atoms with Gasteiger partial charge in [-0.1, -0.05) is 25.8 Å². The van der Waals surface area contributed by atoms with Crippen molar-refractivity contribution < 1.29 is 0 Å². The number of aromatic nitrogens is 1. The van der Waals surface area contributed by atoms with E-state index < -0.39 is 0 Å². The lowest BCUT2D eigenvalue weighted by atomic mass is 10.2. The average molecular weight is 390 g/mol. The van der Waals surface area contributed by atoms with E-state index >= 15 is 0 Å². The molecule has 20 heavy (non-hydrogen) atoms. The predicted molar refractivity (Wildman–Crippen MR) is 96.9 cm³/mol. The summed E-state index contributed by atoms with van der Waals surface area (Å²) < 4.78 is 0. The Morgan fingerprint density at radius 1 is 1.25 bits per heavy atom. The number of rotatable bonds is 8. The van der Waals surface area contributed by atoms with Crippen molar-refractivity contribution in [3.05, 3.63) is 30.1 Å². The van der Waals surface area contributed by atoms with Gasteiger partial charge in [0.15, 0.2) is 5.96 Å². The van der Waals surface area contributed by atoms with Gasteiger partial charge in [-0.15, -0.1) is 24.0 Å². The molecule has 2 N–H and O–H groups in total. The van der Waals surface area contributed by atoms with Gasteiger partial charge in [-0.3, -0.25) is 9.98 Å².